The molecule has 0 saturated carbocycles. The smallest absolute Gasteiger partial charge is 0.409 e. The van der Waals surface area contributed by atoms with Crippen LogP contribution in [0.2, 0.25) is 0 Å². The molecule has 0 aliphatic carbocycles. The summed E-state index contributed by atoms with van der Waals surface area (Å²) >= 11 is 1.81. The molecule has 1 saturated heterocycles. The third-order valence-corrected chi connectivity index (χ3v) is 4.99. The Bertz CT molecular complexity index is 541. The van der Waals surface area contributed by atoms with Gasteiger partial charge in [0.1, 0.15) is 0 Å². The van der Waals surface area contributed by atoms with E-state index in [1.807, 2.05) is 11.3 Å². The molecule has 6 heteroatoms. The Kier molecular flexibility index (Phi) is 5.83. The molecule has 1 aliphatic heterocycles. The van der Waals surface area contributed by atoms with E-state index in [1.54, 1.807) is 4.90 Å². The number of aryl methyl sites for hydroxylation is 3. The van der Waals surface area contributed by atoms with Crippen molar-refractivity contribution in [3.8, 4) is 0 Å². The summed E-state index contributed by atoms with van der Waals surface area (Å²) in [7, 11) is 1.38. The van der Waals surface area contributed by atoms with Crippen molar-refractivity contribution in [3.05, 3.63) is 21.4 Å². The van der Waals surface area contributed by atoms with Gasteiger partial charge in [-0.05, 0) is 44.7 Å². The summed E-state index contributed by atoms with van der Waals surface area (Å²) in [6.07, 6.45) is 2.81. The molecule has 1 N–H and O–H groups in total. The zero-order valence-electron chi connectivity index (χ0n) is 13.5. The van der Waals surface area contributed by atoms with E-state index < -0.39 is 0 Å². The highest BCUT2D eigenvalue weighted by atomic mass is 32.1. The summed E-state index contributed by atoms with van der Waals surface area (Å²) < 4.78 is 4.69. The van der Waals surface area contributed by atoms with Crippen LogP contribution in [0.25, 0.3) is 0 Å². The summed E-state index contributed by atoms with van der Waals surface area (Å²) in [5, 5.41) is 3.01. The topological polar surface area (TPSA) is 58.6 Å². The van der Waals surface area contributed by atoms with Gasteiger partial charge >= 0.3 is 6.09 Å². The second-order valence-electron chi connectivity index (χ2n) is 5.76. The molecule has 2 rings (SSSR count). The molecule has 1 aromatic heterocycles. The molecule has 0 radical (unpaired) electrons. The highest BCUT2D eigenvalue weighted by molar-refractivity contribution is 7.12. The van der Waals surface area contributed by atoms with Crippen LogP contribution in [0.4, 0.5) is 4.79 Å². The Morgan fingerprint density at radius 2 is 2.23 bits per heavy atom. The number of methoxy groups -OCH3 is 1. The predicted molar refractivity (Wildman–Crippen MR) is 87.3 cm³/mol. The summed E-state index contributed by atoms with van der Waals surface area (Å²) in [5.74, 6) is 0.0707. The molecule has 122 valence electrons. The van der Waals surface area contributed by atoms with Gasteiger partial charge in [-0.25, -0.2) is 4.79 Å². The Morgan fingerprint density at radius 1 is 1.45 bits per heavy atom. The van der Waals surface area contributed by atoms with E-state index in [0.29, 0.717) is 19.5 Å². The van der Waals surface area contributed by atoms with Crippen molar-refractivity contribution in [1.29, 1.82) is 0 Å². The maximum absolute atomic E-state index is 12.0. The molecule has 1 fully saturated rings. The van der Waals surface area contributed by atoms with Crippen molar-refractivity contribution < 1.29 is 14.3 Å². The first-order valence-corrected chi connectivity index (χ1v) is 8.49. The number of ether oxygens (including phenoxy) is 1. The molecule has 1 atom stereocenters. The van der Waals surface area contributed by atoms with Gasteiger partial charge in [0.25, 0.3) is 0 Å². The summed E-state index contributed by atoms with van der Waals surface area (Å²) in [4.78, 5) is 27.7. The number of nitrogens with one attached hydrogen (secondary N) is 1. The third-order valence-electron chi connectivity index (χ3n) is 3.98. The summed E-state index contributed by atoms with van der Waals surface area (Å²) in [6, 6.07) is 2.26. The number of likely N-dealkylation sites (tertiary alicyclic amines) is 1. The predicted octanol–water partition coefficient (Wildman–Crippen LogP) is 2.64. The molecular formula is C16H24N2O3S. The minimum absolute atomic E-state index is 0.0525. The maximum atomic E-state index is 12.0. The van der Waals surface area contributed by atoms with Crippen LogP contribution in [0, 0.1) is 13.8 Å². The zero-order valence-corrected chi connectivity index (χ0v) is 14.3. The first-order valence-electron chi connectivity index (χ1n) is 7.67. The van der Waals surface area contributed by atoms with E-state index in [1.165, 1.54) is 22.4 Å². The van der Waals surface area contributed by atoms with Crippen molar-refractivity contribution in [2.24, 2.45) is 0 Å². The number of thiophene rings is 1. The van der Waals surface area contributed by atoms with Gasteiger partial charge in [-0.15, -0.1) is 11.3 Å². The number of carbonyl (C=O) groups is 2. The molecule has 1 aliphatic rings. The molecule has 1 unspecified atom stereocenters. The molecular weight excluding hydrogens is 300 g/mol. The fraction of sp³-hybridized carbons (Fsp3) is 0.625. The summed E-state index contributed by atoms with van der Waals surface area (Å²) in [6.45, 7) is 5.43. The van der Waals surface area contributed by atoms with Gasteiger partial charge in [0.15, 0.2) is 0 Å². The fourth-order valence-corrected chi connectivity index (χ4v) is 3.82. The van der Waals surface area contributed by atoms with Crippen molar-refractivity contribution >= 4 is 23.3 Å². The van der Waals surface area contributed by atoms with E-state index in [2.05, 4.69) is 30.0 Å². The van der Waals surface area contributed by atoms with Crippen LogP contribution in [-0.4, -0.2) is 43.1 Å². The normalized spacial score (nSPS) is 17.6. The van der Waals surface area contributed by atoms with Gasteiger partial charge in [0.05, 0.1) is 7.11 Å². The number of rotatable bonds is 5. The monoisotopic (exact) mass is 324 g/mol. The van der Waals surface area contributed by atoms with Gasteiger partial charge in [0, 0.05) is 35.3 Å². The highest BCUT2D eigenvalue weighted by Gasteiger charge is 2.27. The van der Waals surface area contributed by atoms with Gasteiger partial charge in [-0.2, -0.15) is 0 Å². The van der Waals surface area contributed by atoms with E-state index in [-0.39, 0.29) is 18.0 Å². The number of hydrogen-bond acceptors (Lipinski definition) is 4. The number of hydrogen-bond donors (Lipinski definition) is 1. The fourth-order valence-electron chi connectivity index (χ4n) is 2.84. The molecule has 0 bridgehead atoms. The largest absolute Gasteiger partial charge is 0.453 e. The van der Waals surface area contributed by atoms with Crippen LogP contribution in [0.5, 0.6) is 0 Å². The van der Waals surface area contributed by atoms with Crippen molar-refractivity contribution in [2.75, 3.05) is 20.2 Å². The lowest BCUT2D eigenvalue weighted by Crippen LogP contribution is -2.38. The third kappa shape index (κ3) is 4.47. The lowest BCUT2D eigenvalue weighted by atomic mass is 10.1. The molecule has 1 aromatic rings. The lowest BCUT2D eigenvalue weighted by Gasteiger charge is -2.15. The van der Waals surface area contributed by atoms with E-state index in [9.17, 15) is 9.59 Å². The first-order chi connectivity index (χ1) is 10.5. The second-order valence-corrected chi connectivity index (χ2v) is 7.22. The van der Waals surface area contributed by atoms with Crippen molar-refractivity contribution in [3.63, 3.8) is 0 Å². The zero-order chi connectivity index (χ0) is 16.1. The molecule has 22 heavy (non-hydrogen) atoms. The molecule has 0 aromatic carbocycles. The van der Waals surface area contributed by atoms with Gasteiger partial charge in [-0.1, -0.05) is 0 Å². The number of carbonyl (C=O) groups excluding carboxylic acids is 2. The van der Waals surface area contributed by atoms with Crippen LogP contribution in [0.15, 0.2) is 6.07 Å². The van der Waals surface area contributed by atoms with Gasteiger partial charge in [0.2, 0.25) is 5.91 Å². The minimum Gasteiger partial charge on any atom is -0.453 e. The maximum Gasteiger partial charge on any atom is 0.409 e. The van der Waals surface area contributed by atoms with E-state index in [4.69, 9.17) is 0 Å². The second kappa shape index (κ2) is 7.63. The Morgan fingerprint density at radius 3 is 2.86 bits per heavy atom. The standard InChI is InChI=1S/C16H24N2O3S/c1-11-9-13(12(2)22-11)5-4-6-15(19)17-14-7-8-18(10-14)16(20)21-3/h9,14H,4-8,10H2,1-3H3,(H,17,19). The number of nitrogens with zero attached hydrogens (tertiary/aromatic N) is 1. The van der Waals surface area contributed by atoms with Crippen LogP contribution >= 0.6 is 11.3 Å². The average Bonchev–Trinajstić information content (AvgIpc) is 3.05. The first kappa shape index (κ1) is 16.8. The molecule has 5 nitrogen and oxygen atoms in total. The van der Waals surface area contributed by atoms with E-state index >= 15 is 0 Å². The van der Waals surface area contributed by atoms with Crippen LogP contribution in [0.1, 0.15) is 34.6 Å². The Hall–Kier alpha value is -1.56. The Balaban J connectivity index is 1.68. The molecule has 2 heterocycles. The van der Waals surface area contributed by atoms with Gasteiger partial charge in [-0.3, -0.25) is 4.79 Å². The Labute approximate surface area is 135 Å². The minimum atomic E-state index is -0.319. The van der Waals surface area contributed by atoms with Crippen molar-refractivity contribution in [1.82, 2.24) is 10.2 Å². The van der Waals surface area contributed by atoms with Crippen LogP contribution in [0.3, 0.4) is 0 Å². The average molecular weight is 324 g/mol. The summed E-state index contributed by atoms with van der Waals surface area (Å²) in [5.41, 5.74) is 1.35. The van der Waals surface area contributed by atoms with Gasteiger partial charge < -0.3 is 15.0 Å². The SMILES string of the molecule is COC(=O)N1CCC(NC(=O)CCCc2cc(C)sc2C)C1. The quantitative estimate of drug-likeness (QED) is 0.906. The molecule has 2 amide bonds. The lowest BCUT2D eigenvalue weighted by molar-refractivity contribution is -0.121. The number of amides is 2. The highest BCUT2D eigenvalue weighted by Crippen LogP contribution is 2.22. The van der Waals surface area contributed by atoms with Crippen LogP contribution < -0.4 is 5.32 Å². The van der Waals surface area contributed by atoms with Crippen molar-refractivity contribution in [2.45, 2.75) is 45.6 Å². The van der Waals surface area contributed by atoms with Crippen LogP contribution in [-0.2, 0) is 16.0 Å². The molecule has 0 spiro atoms. The van der Waals surface area contributed by atoms with E-state index in [0.717, 1.165) is 19.3 Å².